The molecule has 0 atom stereocenters. The Labute approximate surface area is 194 Å². The van der Waals surface area contributed by atoms with Crippen LogP contribution in [0.2, 0.25) is 0 Å². The average molecular weight is 453 g/mol. The lowest BCUT2D eigenvalue weighted by molar-refractivity contribution is -0.120. The van der Waals surface area contributed by atoms with Crippen molar-refractivity contribution in [2.75, 3.05) is 51.3 Å². The van der Waals surface area contributed by atoms with Crippen LogP contribution in [0.3, 0.4) is 0 Å². The van der Waals surface area contributed by atoms with Crippen molar-refractivity contribution in [2.45, 2.75) is 19.8 Å². The van der Waals surface area contributed by atoms with Gasteiger partial charge >= 0.3 is 0 Å². The van der Waals surface area contributed by atoms with Gasteiger partial charge in [-0.15, -0.1) is 0 Å². The Morgan fingerprint density at radius 1 is 0.970 bits per heavy atom. The number of methoxy groups -OCH3 is 1. The zero-order valence-corrected chi connectivity index (χ0v) is 19.3. The number of nitrogens with two attached hydrogens (primary N) is 1. The van der Waals surface area contributed by atoms with Crippen LogP contribution >= 0.6 is 0 Å². The summed E-state index contributed by atoms with van der Waals surface area (Å²) in [5.74, 6) is 0.132. The number of carbonyl (C=O) groups is 3. The van der Waals surface area contributed by atoms with Gasteiger partial charge in [-0.3, -0.25) is 19.3 Å². The molecular formula is C25H32N4O4. The number of rotatable bonds is 9. The van der Waals surface area contributed by atoms with E-state index in [1.165, 1.54) is 5.56 Å². The third kappa shape index (κ3) is 6.55. The number of hydrogen-bond donors (Lipinski definition) is 1. The number of amides is 3. The van der Waals surface area contributed by atoms with E-state index in [-0.39, 0.29) is 31.3 Å². The SMILES string of the molecule is CCc1ccc(C(=O)N2CCN(CC(=O)N(CCC(N)=O)c3ccc(OC)cc3)CC2)cc1. The largest absolute Gasteiger partial charge is 0.497 e. The quantitative estimate of drug-likeness (QED) is 0.627. The zero-order valence-electron chi connectivity index (χ0n) is 19.3. The summed E-state index contributed by atoms with van der Waals surface area (Å²) in [5, 5.41) is 0. The summed E-state index contributed by atoms with van der Waals surface area (Å²) < 4.78 is 5.18. The maximum atomic E-state index is 13.1. The first-order chi connectivity index (χ1) is 15.9. The molecule has 2 aromatic carbocycles. The van der Waals surface area contributed by atoms with Gasteiger partial charge in [0.15, 0.2) is 0 Å². The number of hydrogen-bond acceptors (Lipinski definition) is 5. The summed E-state index contributed by atoms with van der Waals surface area (Å²) in [4.78, 5) is 42.7. The highest BCUT2D eigenvalue weighted by atomic mass is 16.5. The molecule has 0 unspecified atom stereocenters. The molecule has 1 aliphatic rings. The maximum absolute atomic E-state index is 13.1. The Morgan fingerprint density at radius 3 is 2.15 bits per heavy atom. The van der Waals surface area contributed by atoms with Crippen molar-refractivity contribution in [3.63, 3.8) is 0 Å². The first-order valence-electron chi connectivity index (χ1n) is 11.2. The van der Waals surface area contributed by atoms with Gasteiger partial charge in [-0.2, -0.15) is 0 Å². The molecule has 2 N–H and O–H groups in total. The third-order valence-electron chi connectivity index (χ3n) is 5.89. The highest BCUT2D eigenvalue weighted by molar-refractivity contribution is 5.96. The van der Waals surface area contributed by atoms with E-state index in [4.69, 9.17) is 10.5 Å². The van der Waals surface area contributed by atoms with E-state index in [9.17, 15) is 14.4 Å². The Morgan fingerprint density at radius 2 is 1.61 bits per heavy atom. The van der Waals surface area contributed by atoms with Crippen molar-refractivity contribution in [1.82, 2.24) is 9.80 Å². The molecule has 0 aromatic heterocycles. The van der Waals surface area contributed by atoms with E-state index in [0.717, 1.165) is 6.42 Å². The molecule has 33 heavy (non-hydrogen) atoms. The van der Waals surface area contributed by atoms with Crippen molar-refractivity contribution in [3.8, 4) is 5.75 Å². The first-order valence-corrected chi connectivity index (χ1v) is 11.2. The minimum absolute atomic E-state index is 0.0185. The Hall–Kier alpha value is -3.39. The molecule has 0 spiro atoms. The number of ether oxygens (including phenoxy) is 1. The molecule has 1 fully saturated rings. The predicted molar refractivity (Wildman–Crippen MR) is 127 cm³/mol. The highest BCUT2D eigenvalue weighted by Gasteiger charge is 2.25. The van der Waals surface area contributed by atoms with Crippen LogP contribution < -0.4 is 15.4 Å². The summed E-state index contributed by atoms with van der Waals surface area (Å²) in [5.41, 5.74) is 7.89. The number of aryl methyl sites for hydroxylation is 1. The van der Waals surface area contributed by atoms with Crippen LogP contribution in [0.1, 0.15) is 29.3 Å². The maximum Gasteiger partial charge on any atom is 0.253 e. The van der Waals surface area contributed by atoms with Crippen LogP contribution in [0, 0.1) is 0 Å². The molecule has 1 saturated heterocycles. The Balaban J connectivity index is 1.58. The number of piperazine rings is 1. The average Bonchev–Trinajstić information content (AvgIpc) is 2.84. The molecule has 1 heterocycles. The van der Waals surface area contributed by atoms with Gasteiger partial charge in [0.2, 0.25) is 11.8 Å². The minimum atomic E-state index is -0.458. The second kappa shape index (κ2) is 11.5. The Bertz CT molecular complexity index is 951. The molecule has 2 aromatic rings. The smallest absolute Gasteiger partial charge is 0.253 e. The standard InChI is InChI=1S/C25H32N4O4/c1-3-19-4-6-20(7-5-19)25(32)28-16-14-27(15-17-28)18-24(31)29(13-12-23(26)30)21-8-10-22(33-2)11-9-21/h4-11H,3,12-18H2,1-2H3,(H2,26,30). The van der Waals surface area contributed by atoms with Gasteiger partial charge in [0.05, 0.1) is 13.7 Å². The molecule has 8 nitrogen and oxygen atoms in total. The summed E-state index contributed by atoms with van der Waals surface area (Å²) in [6, 6.07) is 14.9. The summed E-state index contributed by atoms with van der Waals surface area (Å²) in [7, 11) is 1.58. The van der Waals surface area contributed by atoms with Crippen molar-refractivity contribution < 1.29 is 19.1 Å². The molecule has 0 aliphatic carbocycles. The number of benzene rings is 2. The van der Waals surface area contributed by atoms with Gasteiger partial charge in [-0.1, -0.05) is 19.1 Å². The fraction of sp³-hybridized carbons (Fsp3) is 0.400. The van der Waals surface area contributed by atoms with Gasteiger partial charge in [-0.25, -0.2) is 0 Å². The Kier molecular flexibility index (Phi) is 8.43. The lowest BCUT2D eigenvalue weighted by Gasteiger charge is -2.35. The van der Waals surface area contributed by atoms with Gasteiger partial charge in [0.25, 0.3) is 5.91 Å². The van der Waals surface area contributed by atoms with E-state index in [1.54, 1.807) is 36.3 Å². The fourth-order valence-corrected chi connectivity index (χ4v) is 3.83. The van der Waals surface area contributed by atoms with Crippen LogP contribution in [-0.4, -0.2) is 73.9 Å². The zero-order chi connectivity index (χ0) is 23.8. The molecule has 8 heteroatoms. The van der Waals surface area contributed by atoms with Gasteiger partial charge in [0, 0.05) is 50.4 Å². The van der Waals surface area contributed by atoms with Crippen LogP contribution in [0.25, 0.3) is 0 Å². The summed E-state index contributed by atoms with van der Waals surface area (Å²) in [6.07, 6.45) is 1.02. The lowest BCUT2D eigenvalue weighted by Crippen LogP contribution is -2.51. The van der Waals surface area contributed by atoms with Gasteiger partial charge in [-0.05, 0) is 48.4 Å². The highest BCUT2D eigenvalue weighted by Crippen LogP contribution is 2.20. The monoisotopic (exact) mass is 452 g/mol. The second-order valence-corrected chi connectivity index (χ2v) is 8.08. The molecule has 0 saturated carbocycles. The molecule has 0 radical (unpaired) electrons. The minimum Gasteiger partial charge on any atom is -0.497 e. The van der Waals surface area contributed by atoms with Crippen LogP contribution in [0.15, 0.2) is 48.5 Å². The number of anilines is 1. The van der Waals surface area contributed by atoms with E-state index in [2.05, 4.69) is 6.92 Å². The van der Waals surface area contributed by atoms with Crippen LogP contribution in [0.5, 0.6) is 5.75 Å². The first kappa shape index (κ1) is 24.3. The van der Waals surface area contributed by atoms with Gasteiger partial charge in [0.1, 0.15) is 5.75 Å². The van der Waals surface area contributed by atoms with E-state index < -0.39 is 5.91 Å². The number of primary amides is 1. The molecule has 3 amide bonds. The molecular weight excluding hydrogens is 420 g/mol. The second-order valence-electron chi connectivity index (χ2n) is 8.08. The summed E-state index contributed by atoms with van der Waals surface area (Å²) >= 11 is 0. The van der Waals surface area contributed by atoms with E-state index in [0.29, 0.717) is 43.2 Å². The van der Waals surface area contributed by atoms with Crippen LogP contribution in [-0.2, 0) is 16.0 Å². The van der Waals surface area contributed by atoms with E-state index >= 15 is 0 Å². The van der Waals surface area contributed by atoms with Gasteiger partial charge < -0.3 is 20.3 Å². The lowest BCUT2D eigenvalue weighted by atomic mass is 10.1. The number of carbonyl (C=O) groups excluding carboxylic acids is 3. The normalized spacial score (nSPS) is 14.1. The van der Waals surface area contributed by atoms with Crippen molar-refractivity contribution in [1.29, 1.82) is 0 Å². The number of nitrogens with zero attached hydrogens (tertiary/aromatic N) is 3. The molecule has 176 valence electrons. The molecule has 3 rings (SSSR count). The van der Waals surface area contributed by atoms with E-state index in [1.807, 2.05) is 34.1 Å². The van der Waals surface area contributed by atoms with Crippen molar-refractivity contribution in [3.05, 3.63) is 59.7 Å². The van der Waals surface area contributed by atoms with Crippen LogP contribution in [0.4, 0.5) is 5.69 Å². The van der Waals surface area contributed by atoms with Crippen molar-refractivity contribution in [2.24, 2.45) is 5.73 Å². The predicted octanol–water partition coefficient (Wildman–Crippen LogP) is 1.92. The molecule has 0 bridgehead atoms. The topological polar surface area (TPSA) is 96.2 Å². The van der Waals surface area contributed by atoms with Crippen molar-refractivity contribution >= 4 is 23.4 Å². The third-order valence-corrected chi connectivity index (χ3v) is 5.89. The summed E-state index contributed by atoms with van der Waals surface area (Å²) in [6.45, 7) is 4.84. The molecule has 1 aliphatic heterocycles. The fourth-order valence-electron chi connectivity index (χ4n) is 3.83.